The molecule has 1 aromatic carbocycles. The van der Waals surface area contributed by atoms with Crippen molar-refractivity contribution >= 4 is 5.91 Å². The zero-order valence-corrected chi connectivity index (χ0v) is 11.8. The molecule has 0 radical (unpaired) electrons. The first-order chi connectivity index (χ1) is 9.04. The van der Waals surface area contributed by atoms with Crippen molar-refractivity contribution in [2.24, 2.45) is 0 Å². The van der Waals surface area contributed by atoms with E-state index in [1.54, 1.807) is 4.90 Å². The quantitative estimate of drug-likeness (QED) is 0.837. The van der Waals surface area contributed by atoms with E-state index in [4.69, 9.17) is 9.47 Å². The SMILES string of the molecule is CCC1COC(C)(C)N1C(=O)COc1ccccc1. The Labute approximate surface area is 114 Å². The summed E-state index contributed by atoms with van der Waals surface area (Å²) in [6.07, 6.45) is 0.889. The molecule has 0 saturated carbocycles. The van der Waals surface area contributed by atoms with Crippen molar-refractivity contribution in [3.05, 3.63) is 30.3 Å². The number of benzene rings is 1. The minimum atomic E-state index is -0.544. The first kappa shape index (κ1) is 13.9. The van der Waals surface area contributed by atoms with E-state index in [9.17, 15) is 4.79 Å². The van der Waals surface area contributed by atoms with Crippen LogP contribution in [0.3, 0.4) is 0 Å². The van der Waals surface area contributed by atoms with Gasteiger partial charge in [-0.05, 0) is 32.4 Å². The van der Waals surface area contributed by atoms with Crippen LogP contribution >= 0.6 is 0 Å². The summed E-state index contributed by atoms with van der Waals surface area (Å²) in [6, 6.07) is 9.52. The van der Waals surface area contributed by atoms with Crippen molar-refractivity contribution in [1.82, 2.24) is 4.90 Å². The van der Waals surface area contributed by atoms with Crippen LogP contribution in [-0.2, 0) is 9.53 Å². The standard InChI is InChI=1S/C15H21NO3/c1-4-12-10-19-15(2,3)16(12)14(17)11-18-13-8-6-5-7-9-13/h5-9,12H,4,10-11H2,1-3H3. The maximum Gasteiger partial charge on any atom is 0.263 e. The fourth-order valence-electron chi connectivity index (χ4n) is 2.42. The molecule has 0 bridgehead atoms. The predicted molar refractivity (Wildman–Crippen MR) is 72.9 cm³/mol. The van der Waals surface area contributed by atoms with Crippen molar-refractivity contribution in [3.8, 4) is 5.75 Å². The van der Waals surface area contributed by atoms with Crippen molar-refractivity contribution in [3.63, 3.8) is 0 Å². The molecule has 0 N–H and O–H groups in total. The fraction of sp³-hybridized carbons (Fsp3) is 0.533. The number of hydrogen-bond donors (Lipinski definition) is 0. The minimum absolute atomic E-state index is 0.0294. The van der Waals surface area contributed by atoms with Crippen molar-refractivity contribution in [1.29, 1.82) is 0 Å². The van der Waals surface area contributed by atoms with Gasteiger partial charge in [-0.15, -0.1) is 0 Å². The van der Waals surface area contributed by atoms with Crippen LogP contribution in [-0.4, -0.2) is 35.8 Å². The zero-order valence-electron chi connectivity index (χ0n) is 11.8. The molecule has 4 nitrogen and oxygen atoms in total. The van der Waals surface area contributed by atoms with Gasteiger partial charge in [-0.3, -0.25) is 4.79 Å². The number of rotatable bonds is 4. The molecule has 1 amide bonds. The van der Waals surface area contributed by atoms with E-state index in [1.165, 1.54) is 0 Å². The molecule has 1 aliphatic rings. The summed E-state index contributed by atoms with van der Waals surface area (Å²) in [5, 5.41) is 0. The van der Waals surface area contributed by atoms with Gasteiger partial charge >= 0.3 is 0 Å². The van der Waals surface area contributed by atoms with Gasteiger partial charge in [0.15, 0.2) is 6.61 Å². The van der Waals surface area contributed by atoms with Gasteiger partial charge in [0.05, 0.1) is 12.6 Å². The first-order valence-electron chi connectivity index (χ1n) is 6.68. The Kier molecular flexibility index (Phi) is 4.10. The highest BCUT2D eigenvalue weighted by molar-refractivity contribution is 5.79. The van der Waals surface area contributed by atoms with E-state index < -0.39 is 5.72 Å². The lowest BCUT2D eigenvalue weighted by atomic mass is 10.1. The van der Waals surface area contributed by atoms with Gasteiger partial charge in [0.25, 0.3) is 5.91 Å². The molecule has 19 heavy (non-hydrogen) atoms. The van der Waals surface area contributed by atoms with E-state index in [1.807, 2.05) is 44.2 Å². The summed E-state index contributed by atoms with van der Waals surface area (Å²) >= 11 is 0. The molecule has 0 aromatic heterocycles. The molecule has 1 aliphatic heterocycles. The van der Waals surface area contributed by atoms with E-state index >= 15 is 0 Å². The Balaban J connectivity index is 1.99. The Morgan fingerprint density at radius 2 is 2.11 bits per heavy atom. The number of ether oxygens (including phenoxy) is 2. The molecule has 1 heterocycles. The van der Waals surface area contributed by atoms with Crippen LogP contribution in [0, 0.1) is 0 Å². The van der Waals surface area contributed by atoms with Crippen LogP contribution < -0.4 is 4.74 Å². The van der Waals surface area contributed by atoms with Crippen molar-refractivity contribution < 1.29 is 14.3 Å². The van der Waals surface area contributed by atoms with Gasteiger partial charge in [0.1, 0.15) is 11.5 Å². The summed E-state index contributed by atoms with van der Waals surface area (Å²) in [7, 11) is 0. The van der Waals surface area contributed by atoms with Crippen LogP contribution in [0.1, 0.15) is 27.2 Å². The highest BCUT2D eigenvalue weighted by Gasteiger charge is 2.42. The van der Waals surface area contributed by atoms with Gasteiger partial charge in [-0.1, -0.05) is 25.1 Å². The van der Waals surface area contributed by atoms with Crippen LogP contribution in [0.25, 0.3) is 0 Å². The summed E-state index contributed by atoms with van der Waals surface area (Å²) in [5.74, 6) is 0.681. The van der Waals surface area contributed by atoms with Crippen molar-refractivity contribution in [2.45, 2.75) is 39.0 Å². The number of amides is 1. The highest BCUT2D eigenvalue weighted by Crippen LogP contribution is 2.28. The van der Waals surface area contributed by atoms with Crippen LogP contribution in [0.5, 0.6) is 5.75 Å². The van der Waals surface area contributed by atoms with Crippen molar-refractivity contribution in [2.75, 3.05) is 13.2 Å². The molecule has 1 aromatic rings. The maximum atomic E-state index is 12.3. The molecule has 4 heteroatoms. The zero-order chi connectivity index (χ0) is 13.9. The second kappa shape index (κ2) is 5.61. The molecule has 1 atom stereocenters. The van der Waals surface area contributed by atoms with E-state index in [2.05, 4.69) is 6.92 Å². The number of nitrogens with zero attached hydrogens (tertiary/aromatic N) is 1. The van der Waals surface area contributed by atoms with Gasteiger partial charge in [-0.2, -0.15) is 0 Å². The third kappa shape index (κ3) is 3.07. The molecular weight excluding hydrogens is 242 g/mol. The fourth-order valence-corrected chi connectivity index (χ4v) is 2.42. The molecule has 0 spiro atoms. The van der Waals surface area contributed by atoms with Gasteiger partial charge in [0.2, 0.25) is 0 Å². The van der Waals surface area contributed by atoms with Crippen LogP contribution in [0.15, 0.2) is 30.3 Å². The molecule has 2 rings (SSSR count). The molecule has 1 saturated heterocycles. The molecular formula is C15H21NO3. The summed E-state index contributed by atoms with van der Waals surface area (Å²) in [4.78, 5) is 14.1. The lowest BCUT2D eigenvalue weighted by Gasteiger charge is -2.33. The first-order valence-corrected chi connectivity index (χ1v) is 6.68. The molecule has 1 unspecified atom stereocenters. The van der Waals surface area contributed by atoms with E-state index in [-0.39, 0.29) is 18.6 Å². The van der Waals surface area contributed by atoms with Gasteiger partial charge in [0, 0.05) is 0 Å². The third-order valence-corrected chi connectivity index (χ3v) is 3.42. The monoisotopic (exact) mass is 263 g/mol. The largest absolute Gasteiger partial charge is 0.484 e. The number of carbonyl (C=O) groups excluding carboxylic acids is 1. The average Bonchev–Trinajstić information content (AvgIpc) is 2.72. The Morgan fingerprint density at radius 1 is 1.42 bits per heavy atom. The smallest absolute Gasteiger partial charge is 0.263 e. The normalized spacial score (nSPS) is 21.4. The lowest BCUT2D eigenvalue weighted by Crippen LogP contribution is -2.49. The van der Waals surface area contributed by atoms with Gasteiger partial charge in [-0.25, -0.2) is 0 Å². The summed E-state index contributed by atoms with van der Waals surface area (Å²) < 4.78 is 11.2. The molecule has 1 fully saturated rings. The van der Waals surface area contributed by atoms with Crippen LogP contribution in [0.2, 0.25) is 0 Å². The van der Waals surface area contributed by atoms with E-state index in [0.29, 0.717) is 12.4 Å². The number of para-hydroxylation sites is 1. The third-order valence-electron chi connectivity index (χ3n) is 3.42. The Morgan fingerprint density at radius 3 is 2.74 bits per heavy atom. The Bertz CT molecular complexity index is 430. The molecule has 104 valence electrons. The molecule has 0 aliphatic carbocycles. The van der Waals surface area contributed by atoms with Gasteiger partial charge < -0.3 is 14.4 Å². The maximum absolute atomic E-state index is 12.3. The highest BCUT2D eigenvalue weighted by atomic mass is 16.5. The predicted octanol–water partition coefficient (Wildman–Crippen LogP) is 2.44. The summed E-state index contributed by atoms with van der Waals surface area (Å²) in [6.45, 7) is 6.55. The second-order valence-electron chi connectivity index (χ2n) is 5.19. The Hall–Kier alpha value is -1.55. The minimum Gasteiger partial charge on any atom is -0.484 e. The average molecular weight is 263 g/mol. The number of hydrogen-bond acceptors (Lipinski definition) is 3. The number of carbonyl (C=O) groups is 1. The van der Waals surface area contributed by atoms with E-state index in [0.717, 1.165) is 6.42 Å². The van der Waals surface area contributed by atoms with Crippen LogP contribution in [0.4, 0.5) is 0 Å². The topological polar surface area (TPSA) is 38.8 Å². The lowest BCUT2D eigenvalue weighted by molar-refractivity contribution is -0.148. The summed E-state index contributed by atoms with van der Waals surface area (Å²) in [5.41, 5.74) is -0.544. The second-order valence-corrected chi connectivity index (χ2v) is 5.19.